The summed E-state index contributed by atoms with van der Waals surface area (Å²) in [5.41, 5.74) is 1.98. The van der Waals surface area contributed by atoms with Crippen LogP contribution in [0.25, 0.3) is 0 Å². The number of alkyl carbamates (subject to hydrolysis) is 1. The van der Waals surface area contributed by atoms with Gasteiger partial charge in [0.25, 0.3) is 0 Å². The quantitative estimate of drug-likeness (QED) is 0.680. The number of ether oxygens (including phenoxy) is 1. The Morgan fingerprint density at radius 2 is 1.96 bits per heavy atom. The first-order valence-electron chi connectivity index (χ1n) is 8.91. The first-order chi connectivity index (χ1) is 12.6. The fourth-order valence-corrected chi connectivity index (χ4v) is 2.80. The number of rotatable bonds is 10. The molecule has 0 saturated heterocycles. The lowest BCUT2D eigenvalue weighted by atomic mass is 10.1. The second-order valence-electron chi connectivity index (χ2n) is 6.23. The zero-order valence-electron chi connectivity index (χ0n) is 15.1. The highest BCUT2D eigenvalue weighted by Gasteiger charge is 2.17. The van der Waals surface area contributed by atoms with Crippen molar-refractivity contribution in [2.24, 2.45) is 0 Å². The van der Waals surface area contributed by atoms with E-state index < -0.39 is 12.1 Å². The molecule has 2 aromatic rings. The van der Waals surface area contributed by atoms with Crippen LogP contribution in [0.15, 0.2) is 48.7 Å². The number of aliphatic carboxylic acids is 1. The Bertz CT molecular complexity index is 697. The maximum absolute atomic E-state index is 12.1. The summed E-state index contributed by atoms with van der Waals surface area (Å²) in [6, 6.07) is 13.1. The lowest BCUT2D eigenvalue weighted by molar-refractivity contribution is -0.137. The van der Waals surface area contributed by atoms with Gasteiger partial charge in [-0.25, -0.2) is 4.79 Å². The third kappa shape index (κ3) is 6.63. The highest BCUT2D eigenvalue weighted by molar-refractivity contribution is 5.68. The number of carbonyl (C=O) groups is 2. The Morgan fingerprint density at radius 1 is 1.19 bits per heavy atom. The monoisotopic (exact) mass is 358 g/mol. The predicted molar refractivity (Wildman–Crippen MR) is 98.8 cm³/mol. The number of amides is 1. The number of hydrogen-bond acceptors (Lipinski definition) is 3. The molecule has 1 aromatic carbocycles. The number of aryl methyl sites for hydroxylation is 1. The maximum Gasteiger partial charge on any atom is 0.407 e. The van der Waals surface area contributed by atoms with Crippen LogP contribution in [0.3, 0.4) is 0 Å². The third-order valence-electron chi connectivity index (χ3n) is 4.08. The Kier molecular flexibility index (Phi) is 7.74. The number of hydrogen-bond donors (Lipinski definition) is 2. The molecule has 26 heavy (non-hydrogen) atoms. The van der Waals surface area contributed by atoms with Crippen molar-refractivity contribution in [1.29, 1.82) is 0 Å². The van der Waals surface area contributed by atoms with Gasteiger partial charge in [-0.2, -0.15) is 0 Å². The van der Waals surface area contributed by atoms with E-state index in [0.717, 1.165) is 24.2 Å². The second kappa shape index (κ2) is 10.3. The summed E-state index contributed by atoms with van der Waals surface area (Å²) in [6.07, 6.45) is 3.40. The van der Waals surface area contributed by atoms with Crippen LogP contribution < -0.4 is 5.32 Å². The van der Waals surface area contributed by atoms with Gasteiger partial charge >= 0.3 is 12.1 Å². The van der Waals surface area contributed by atoms with Gasteiger partial charge in [0.2, 0.25) is 0 Å². The van der Waals surface area contributed by atoms with E-state index >= 15 is 0 Å². The van der Waals surface area contributed by atoms with Crippen molar-refractivity contribution in [2.45, 2.75) is 51.8 Å². The highest BCUT2D eigenvalue weighted by Crippen LogP contribution is 2.11. The molecule has 140 valence electrons. The lowest BCUT2D eigenvalue weighted by Crippen LogP contribution is -2.37. The number of carbonyl (C=O) groups excluding carboxylic acids is 1. The van der Waals surface area contributed by atoms with Gasteiger partial charge in [-0.1, -0.05) is 37.3 Å². The minimum Gasteiger partial charge on any atom is -0.481 e. The smallest absolute Gasteiger partial charge is 0.407 e. The SMILES string of the molecule is CCCn1cccc1CC(CCC(=O)O)NC(=O)OCc1ccccc1. The van der Waals surface area contributed by atoms with E-state index in [1.54, 1.807) is 0 Å². The molecule has 2 rings (SSSR count). The molecule has 0 saturated carbocycles. The molecule has 1 amide bonds. The molecule has 0 spiro atoms. The van der Waals surface area contributed by atoms with Crippen LogP contribution in [0.2, 0.25) is 0 Å². The third-order valence-corrected chi connectivity index (χ3v) is 4.08. The van der Waals surface area contributed by atoms with E-state index in [0.29, 0.717) is 12.8 Å². The van der Waals surface area contributed by atoms with Crippen molar-refractivity contribution in [1.82, 2.24) is 9.88 Å². The molecule has 1 unspecified atom stereocenters. The minimum absolute atomic E-state index is 0.00187. The van der Waals surface area contributed by atoms with E-state index in [9.17, 15) is 9.59 Å². The number of carboxylic acid groups (broad SMARTS) is 1. The average Bonchev–Trinajstić information content (AvgIpc) is 3.06. The van der Waals surface area contributed by atoms with Gasteiger partial charge in [0.05, 0.1) is 0 Å². The molecule has 0 aliphatic rings. The molecular formula is C20H26N2O4. The number of nitrogens with one attached hydrogen (secondary N) is 1. The normalized spacial score (nSPS) is 11.7. The summed E-state index contributed by atoms with van der Waals surface area (Å²) in [6.45, 7) is 3.18. The zero-order valence-corrected chi connectivity index (χ0v) is 15.1. The molecule has 1 atom stereocenters. The Balaban J connectivity index is 1.93. The largest absolute Gasteiger partial charge is 0.481 e. The van der Waals surface area contributed by atoms with Crippen molar-refractivity contribution in [3.63, 3.8) is 0 Å². The van der Waals surface area contributed by atoms with Crippen molar-refractivity contribution in [2.75, 3.05) is 0 Å². The summed E-state index contributed by atoms with van der Waals surface area (Å²) in [7, 11) is 0. The Hall–Kier alpha value is -2.76. The van der Waals surface area contributed by atoms with Crippen molar-refractivity contribution >= 4 is 12.1 Å². The van der Waals surface area contributed by atoms with Crippen LogP contribution in [-0.4, -0.2) is 27.8 Å². The second-order valence-corrected chi connectivity index (χ2v) is 6.23. The lowest BCUT2D eigenvalue weighted by Gasteiger charge is -2.19. The van der Waals surface area contributed by atoms with Crippen LogP contribution in [0.5, 0.6) is 0 Å². The molecule has 0 aliphatic heterocycles. The minimum atomic E-state index is -0.876. The number of benzene rings is 1. The van der Waals surface area contributed by atoms with Gasteiger partial charge < -0.3 is 19.7 Å². The summed E-state index contributed by atoms with van der Waals surface area (Å²) < 4.78 is 7.39. The standard InChI is InChI=1S/C20H26N2O4/c1-2-12-22-13-6-9-18(22)14-17(10-11-19(23)24)21-20(25)26-15-16-7-4-3-5-8-16/h3-9,13,17H,2,10-12,14-15H2,1H3,(H,21,25)(H,23,24). The van der Waals surface area contributed by atoms with Gasteiger partial charge in [0.1, 0.15) is 6.61 Å². The molecule has 6 heteroatoms. The molecule has 6 nitrogen and oxygen atoms in total. The van der Waals surface area contributed by atoms with Crippen LogP contribution in [0.4, 0.5) is 4.79 Å². The fourth-order valence-electron chi connectivity index (χ4n) is 2.80. The maximum atomic E-state index is 12.1. The van der Waals surface area contributed by atoms with Crippen molar-refractivity contribution < 1.29 is 19.4 Å². The predicted octanol–water partition coefficient (Wildman–Crippen LogP) is 3.60. The van der Waals surface area contributed by atoms with E-state index in [1.807, 2.05) is 48.7 Å². The van der Waals surface area contributed by atoms with Crippen molar-refractivity contribution in [3.8, 4) is 0 Å². The number of aromatic nitrogens is 1. The molecule has 2 N–H and O–H groups in total. The summed E-state index contributed by atoms with van der Waals surface area (Å²) >= 11 is 0. The average molecular weight is 358 g/mol. The molecule has 0 aliphatic carbocycles. The van der Waals surface area contributed by atoms with E-state index in [1.165, 1.54) is 0 Å². The van der Waals surface area contributed by atoms with Gasteiger partial charge in [0, 0.05) is 37.3 Å². The van der Waals surface area contributed by atoms with Crippen LogP contribution >= 0.6 is 0 Å². The molecule has 0 radical (unpaired) electrons. The first-order valence-corrected chi connectivity index (χ1v) is 8.91. The molecule has 1 aromatic heterocycles. The van der Waals surface area contributed by atoms with Gasteiger partial charge in [-0.3, -0.25) is 4.79 Å². The molecular weight excluding hydrogens is 332 g/mol. The summed E-state index contributed by atoms with van der Waals surface area (Å²) in [4.78, 5) is 23.0. The van der Waals surface area contributed by atoms with E-state index in [2.05, 4.69) is 16.8 Å². The van der Waals surface area contributed by atoms with Gasteiger partial charge in [-0.15, -0.1) is 0 Å². The molecule has 0 fully saturated rings. The number of carboxylic acids is 1. The summed E-state index contributed by atoms with van der Waals surface area (Å²) in [5.74, 6) is -0.876. The topological polar surface area (TPSA) is 80.6 Å². The molecule has 0 bridgehead atoms. The Labute approximate surface area is 153 Å². The van der Waals surface area contributed by atoms with E-state index in [4.69, 9.17) is 9.84 Å². The van der Waals surface area contributed by atoms with Crippen LogP contribution in [0, 0.1) is 0 Å². The van der Waals surface area contributed by atoms with Crippen LogP contribution in [0.1, 0.15) is 37.4 Å². The fraction of sp³-hybridized carbons (Fsp3) is 0.400. The first kappa shape index (κ1) is 19.6. The van der Waals surface area contributed by atoms with Crippen LogP contribution in [-0.2, 0) is 29.1 Å². The number of nitrogens with zero attached hydrogens (tertiary/aromatic N) is 1. The van der Waals surface area contributed by atoms with E-state index in [-0.39, 0.29) is 19.1 Å². The Morgan fingerprint density at radius 3 is 2.65 bits per heavy atom. The highest BCUT2D eigenvalue weighted by atomic mass is 16.5. The summed E-state index contributed by atoms with van der Waals surface area (Å²) in [5, 5.41) is 11.8. The van der Waals surface area contributed by atoms with Gasteiger partial charge in [0.15, 0.2) is 0 Å². The molecule has 1 heterocycles. The zero-order chi connectivity index (χ0) is 18.8. The van der Waals surface area contributed by atoms with Crippen molar-refractivity contribution in [3.05, 3.63) is 59.9 Å². The van der Waals surface area contributed by atoms with Gasteiger partial charge in [-0.05, 0) is 30.5 Å².